The van der Waals surface area contributed by atoms with Crippen molar-refractivity contribution in [3.05, 3.63) is 28.5 Å². The quantitative estimate of drug-likeness (QED) is 0.823. The molecule has 1 unspecified atom stereocenters. The molecule has 13 heavy (non-hydrogen) atoms. The second-order valence-electron chi connectivity index (χ2n) is 4.17. The van der Waals surface area contributed by atoms with Gasteiger partial charge < -0.3 is 5.11 Å². The van der Waals surface area contributed by atoms with Crippen molar-refractivity contribution in [2.24, 2.45) is 5.41 Å². The number of rotatable bonds is 1. The summed E-state index contributed by atoms with van der Waals surface area (Å²) in [5, 5.41) is 9.87. The highest BCUT2D eigenvalue weighted by molar-refractivity contribution is 9.10. The Bertz CT molecular complexity index is 276. The number of aromatic nitrogens is 1. The lowest BCUT2D eigenvalue weighted by atomic mass is 9.87. The normalized spacial score (nSPS) is 14.2. The predicted octanol–water partition coefficient (Wildman–Crippen LogP) is 2.92. The molecule has 3 heteroatoms. The number of hydrogen-bond donors (Lipinski definition) is 1. The summed E-state index contributed by atoms with van der Waals surface area (Å²) in [5.74, 6) is 0. The number of aliphatic hydroxyl groups excluding tert-OH is 1. The predicted molar refractivity (Wildman–Crippen MR) is 56.4 cm³/mol. The van der Waals surface area contributed by atoms with Gasteiger partial charge in [0.15, 0.2) is 0 Å². The van der Waals surface area contributed by atoms with E-state index in [9.17, 15) is 5.11 Å². The van der Waals surface area contributed by atoms with E-state index in [0.717, 1.165) is 10.2 Å². The zero-order chi connectivity index (χ0) is 10.1. The molecule has 0 spiro atoms. The van der Waals surface area contributed by atoms with Gasteiger partial charge in [0.25, 0.3) is 0 Å². The molecule has 1 heterocycles. The van der Waals surface area contributed by atoms with E-state index in [1.54, 1.807) is 6.20 Å². The maximum atomic E-state index is 9.87. The van der Waals surface area contributed by atoms with Crippen molar-refractivity contribution in [2.45, 2.75) is 26.9 Å². The number of hydrogen-bond acceptors (Lipinski definition) is 2. The maximum absolute atomic E-state index is 9.87. The van der Waals surface area contributed by atoms with Crippen LogP contribution in [0.2, 0.25) is 0 Å². The highest BCUT2D eigenvalue weighted by Crippen LogP contribution is 2.31. The van der Waals surface area contributed by atoms with Crippen molar-refractivity contribution in [1.82, 2.24) is 4.98 Å². The van der Waals surface area contributed by atoms with Gasteiger partial charge in [-0.2, -0.15) is 0 Å². The molecule has 0 aliphatic carbocycles. The van der Waals surface area contributed by atoms with E-state index >= 15 is 0 Å². The molecule has 0 amide bonds. The van der Waals surface area contributed by atoms with E-state index in [0.29, 0.717) is 0 Å². The topological polar surface area (TPSA) is 33.1 Å². The van der Waals surface area contributed by atoms with Crippen LogP contribution in [-0.2, 0) is 0 Å². The summed E-state index contributed by atoms with van der Waals surface area (Å²) in [6, 6.07) is 3.72. The SMILES string of the molecule is CC(C)(C)C(O)c1ccc(Br)cn1. The summed E-state index contributed by atoms with van der Waals surface area (Å²) >= 11 is 3.30. The van der Waals surface area contributed by atoms with Crippen molar-refractivity contribution in [2.75, 3.05) is 0 Å². The molecule has 0 aliphatic rings. The summed E-state index contributed by atoms with van der Waals surface area (Å²) in [7, 11) is 0. The first-order valence-electron chi connectivity index (χ1n) is 4.21. The van der Waals surface area contributed by atoms with Gasteiger partial charge >= 0.3 is 0 Å². The minimum absolute atomic E-state index is 0.166. The Morgan fingerprint density at radius 2 is 2.00 bits per heavy atom. The van der Waals surface area contributed by atoms with Crippen molar-refractivity contribution in [3.63, 3.8) is 0 Å². The third kappa shape index (κ3) is 2.78. The third-order valence-electron chi connectivity index (χ3n) is 1.85. The summed E-state index contributed by atoms with van der Waals surface area (Å²) in [6.45, 7) is 5.96. The van der Waals surface area contributed by atoms with E-state index in [1.807, 2.05) is 32.9 Å². The van der Waals surface area contributed by atoms with Crippen LogP contribution in [0, 0.1) is 5.41 Å². The third-order valence-corrected chi connectivity index (χ3v) is 2.32. The highest BCUT2D eigenvalue weighted by atomic mass is 79.9. The molecule has 1 N–H and O–H groups in total. The molecule has 1 aromatic heterocycles. The van der Waals surface area contributed by atoms with Crippen molar-refractivity contribution in [3.8, 4) is 0 Å². The van der Waals surface area contributed by atoms with Gasteiger partial charge in [0.05, 0.1) is 5.69 Å². The fourth-order valence-electron chi connectivity index (χ4n) is 0.993. The van der Waals surface area contributed by atoms with Gasteiger partial charge in [-0.05, 0) is 33.5 Å². The molecule has 0 radical (unpaired) electrons. The lowest BCUT2D eigenvalue weighted by molar-refractivity contribution is 0.0589. The first kappa shape index (κ1) is 10.7. The maximum Gasteiger partial charge on any atom is 0.101 e. The standard InChI is InChI=1S/C10H14BrNO/c1-10(2,3)9(13)8-5-4-7(11)6-12-8/h4-6,9,13H,1-3H3. The summed E-state index contributed by atoms with van der Waals surface area (Å²) in [6.07, 6.45) is 1.19. The molecule has 1 rings (SSSR count). The van der Waals surface area contributed by atoms with Crippen LogP contribution in [0.3, 0.4) is 0 Å². The molecule has 0 aromatic carbocycles. The summed E-state index contributed by atoms with van der Waals surface area (Å²) < 4.78 is 0.928. The first-order valence-corrected chi connectivity index (χ1v) is 5.00. The summed E-state index contributed by atoms with van der Waals surface area (Å²) in [5.41, 5.74) is 0.552. The van der Waals surface area contributed by atoms with Crippen LogP contribution < -0.4 is 0 Å². The largest absolute Gasteiger partial charge is 0.386 e. The van der Waals surface area contributed by atoms with Gasteiger partial charge in [0.1, 0.15) is 6.10 Å². The van der Waals surface area contributed by atoms with Gasteiger partial charge in [-0.25, -0.2) is 0 Å². The van der Waals surface area contributed by atoms with E-state index in [-0.39, 0.29) is 5.41 Å². The minimum atomic E-state index is -0.513. The van der Waals surface area contributed by atoms with Crippen LogP contribution in [0.15, 0.2) is 22.8 Å². The molecule has 0 saturated heterocycles. The summed E-state index contributed by atoms with van der Waals surface area (Å²) in [4.78, 5) is 4.15. The molecule has 72 valence electrons. The minimum Gasteiger partial charge on any atom is -0.386 e. The molecular formula is C10H14BrNO. The van der Waals surface area contributed by atoms with Crippen LogP contribution >= 0.6 is 15.9 Å². The smallest absolute Gasteiger partial charge is 0.101 e. The number of halogens is 1. The number of aliphatic hydroxyl groups is 1. The van der Waals surface area contributed by atoms with Crippen LogP contribution in [-0.4, -0.2) is 10.1 Å². The Morgan fingerprint density at radius 1 is 1.38 bits per heavy atom. The fraction of sp³-hybridized carbons (Fsp3) is 0.500. The fourth-order valence-corrected chi connectivity index (χ4v) is 1.23. The Kier molecular flexibility index (Phi) is 3.09. The molecule has 0 saturated carbocycles. The van der Waals surface area contributed by atoms with Crippen LogP contribution in [0.5, 0.6) is 0 Å². The number of nitrogens with zero attached hydrogens (tertiary/aromatic N) is 1. The van der Waals surface area contributed by atoms with Gasteiger partial charge in [-0.1, -0.05) is 20.8 Å². The van der Waals surface area contributed by atoms with Gasteiger partial charge in [-0.3, -0.25) is 4.98 Å². The first-order chi connectivity index (χ1) is 5.91. The van der Waals surface area contributed by atoms with Gasteiger partial charge in [0, 0.05) is 10.7 Å². The van der Waals surface area contributed by atoms with E-state index in [1.165, 1.54) is 0 Å². The Balaban J connectivity index is 2.90. The van der Waals surface area contributed by atoms with Crippen LogP contribution in [0.4, 0.5) is 0 Å². The van der Waals surface area contributed by atoms with Crippen LogP contribution in [0.1, 0.15) is 32.6 Å². The Hall–Kier alpha value is -0.410. The Morgan fingerprint density at radius 3 is 2.38 bits per heavy atom. The molecule has 0 bridgehead atoms. The zero-order valence-electron chi connectivity index (χ0n) is 8.08. The highest BCUT2D eigenvalue weighted by Gasteiger charge is 2.24. The van der Waals surface area contributed by atoms with Gasteiger partial charge in [-0.15, -0.1) is 0 Å². The van der Waals surface area contributed by atoms with Crippen molar-refractivity contribution >= 4 is 15.9 Å². The average Bonchev–Trinajstić information content (AvgIpc) is 2.03. The zero-order valence-corrected chi connectivity index (χ0v) is 9.67. The van der Waals surface area contributed by atoms with Crippen LogP contribution in [0.25, 0.3) is 0 Å². The van der Waals surface area contributed by atoms with Crippen molar-refractivity contribution < 1.29 is 5.11 Å². The molecule has 1 atom stereocenters. The monoisotopic (exact) mass is 243 g/mol. The lowest BCUT2D eigenvalue weighted by Gasteiger charge is -2.25. The van der Waals surface area contributed by atoms with Crippen molar-refractivity contribution in [1.29, 1.82) is 0 Å². The van der Waals surface area contributed by atoms with E-state index in [4.69, 9.17) is 0 Å². The molecular weight excluding hydrogens is 230 g/mol. The lowest BCUT2D eigenvalue weighted by Crippen LogP contribution is -2.18. The second-order valence-corrected chi connectivity index (χ2v) is 5.09. The second kappa shape index (κ2) is 3.76. The van der Waals surface area contributed by atoms with E-state index < -0.39 is 6.10 Å². The molecule has 0 aliphatic heterocycles. The molecule has 0 fully saturated rings. The molecule has 1 aromatic rings. The Labute approximate surface area is 87.1 Å². The van der Waals surface area contributed by atoms with E-state index in [2.05, 4.69) is 20.9 Å². The average molecular weight is 244 g/mol. The number of pyridine rings is 1. The van der Waals surface area contributed by atoms with Gasteiger partial charge in [0.2, 0.25) is 0 Å². The molecule has 2 nitrogen and oxygen atoms in total.